The van der Waals surface area contributed by atoms with E-state index in [4.69, 9.17) is 0 Å². The van der Waals surface area contributed by atoms with E-state index in [1.807, 2.05) is 63.2 Å². The van der Waals surface area contributed by atoms with Gasteiger partial charge in [0.25, 0.3) is 0 Å². The fourth-order valence-corrected chi connectivity index (χ4v) is 4.88. The molecule has 192 valence electrons. The van der Waals surface area contributed by atoms with Gasteiger partial charge in [0.15, 0.2) is 0 Å². The average molecular weight is 502 g/mol. The van der Waals surface area contributed by atoms with Gasteiger partial charge in [0.2, 0.25) is 21.8 Å². The number of nitrogens with one attached hydrogen (secondary N) is 1. The lowest BCUT2D eigenvalue weighted by Gasteiger charge is -2.30. The minimum atomic E-state index is -3.51. The van der Waals surface area contributed by atoms with Crippen LogP contribution in [0.25, 0.3) is 0 Å². The molecule has 0 fully saturated rings. The van der Waals surface area contributed by atoms with Crippen LogP contribution < -0.4 is 9.62 Å². The summed E-state index contributed by atoms with van der Waals surface area (Å²) >= 11 is 0. The first kappa shape index (κ1) is 28.4. The maximum absolute atomic E-state index is 13.3. The molecule has 35 heavy (non-hydrogen) atoms. The van der Waals surface area contributed by atoms with Crippen LogP contribution in [0.4, 0.5) is 5.69 Å². The number of carbonyl (C=O) groups excluding carboxylic acids is 2. The van der Waals surface area contributed by atoms with Crippen molar-refractivity contribution in [2.75, 3.05) is 23.7 Å². The van der Waals surface area contributed by atoms with E-state index in [1.165, 1.54) is 10.6 Å². The fourth-order valence-electron chi connectivity index (χ4n) is 3.86. The predicted octanol–water partition coefficient (Wildman–Crippen LogP) is 3.92. The maximum Gasteiger partial charge on any atom is 0.242 e. The molecule has 0 aliphatic rings. The third-order valence-electron chi connectivity index (χ3n) is 6.19. The number of aryl methyl sites for hydroxylation is 1. The molecule has 0 spiro atoms. The van der Waals surface area contributed by atoms with Crippen molar-refractivity contribution in [3.63, 3.8) is 0 Å². The monoisotopic (exact) mass is 501 g/mol. The molecular weight excluding hydrogens is 462 g/mol. The van der Waals surface area contributed by atoms with E-state index >= 15 is 0 Å². The quantitative estimate of drug-likeness (QED) is 0.451. The summed E-state index contributed by atoms with van der Waals surface area (Å²) in [4.78, 5) is 27.7. The minimum absolute atomic E-state index is 0.0217. The molecule has 0 bridgehead atoms. The predicted molar refractivity (Wildman–Crippen MR) is 142 cm³/mol. The first-order valence-corrected chi connectivity index (χ1v) is 14.1. The van der Waals surface area contributed by atoms with Gasteiger partial charge in [0.05, 0.1) is 11.9 Å². The van der Waals surface area contributed by atoms with Gasteiger partial charge < -0.3 is 10.2 Å². The smallest absolute Gasteiger partial charge is 0.242 e. The second-order valence-corrected chi connectivity index (χ2v) is 10.9. The van der Waals surface area contributed by atoms with Gasteiger partial charge in [-0.25, -0.2) is 8.42 Å². The van der Waals surface area contributed by atoms with E-state index in [0.717, 1.165) is 17.5 Å². The summed E-state index contributed by atoms with van der Waals surface area (Å²) in [5.74, 6) is -0.343. The molecule has 2 aromatic carbocycles. The zero-order valence-corrected chi connectivity index (χ0v) is 22.3. The molecule has 0 saturated heterocycles. The van der Waals surface area contributed by atoms with Crippen molar-refractivity contribution in [2.24, 2.45) is 0 Å². The Balaban J connectivity index is 2.12. The highest BCUT2D eigenvalue weighted by Crippen LogP contribution is 2.22. The highest BCUT2D eigenvalue weighted by Gasteiger charge is 2.27. The Morgan fingerprint density at radius 1 is 0.971 bits per heavy atom. The molecule has 2 aromatic rings. The van der Waals surface area contributed by atoms with E-state index in [-0.39, 0.29) is 30.8 Å². The van der Waals surface area contributed by atoms with Crippen molar-refractivity contribution in [1.82, 2.24) is 10.2 Å². The van der Waals surface area contributed by atoms with E-state index in [9.17, 15) is 18.0 Å². The molecule has 0 heterocycles. The Bertz CT molecular complexity index is 1070. The van der Waals surface area contributed by atoms with E-state index < -0.39 is 16.1 Å². The van der Waals surface area contributed by atoms with Gasteiger partial charge in [-0.2, -0.15) is 0 Å². The molecule has 0 aliphatic carbocycles. The highest BCUT2D eigenvalue weighted by atomic mass is 32.2. The molecule has 0 radical (unpaired) electrons. The van der Waals surface area contributed by atoms with Crippen LogP contribution in [0.2, 0.25) is 0 Å². The number of para-hydroxylation sites is 1. The standard InChI is InChI=1S/C27H39N3O4S/c1-6-22(3)28-27(32)23(4)29(20-18-24-14-8-7-9-15-24)26(31)17-12-19-30(35(5,33)34)25-16-11-10-13-21(25)2/h7-11,13-16,22-23H,6,12,17-20H2,1-5H3,(H,28,32)/t22-,23+/m1/s1. The maximum atomic E-state index is 13.3. The SMILES string of the molecule is CC[C@@H](C)NC(=O)[C@H](C)N(CCc1ccccc1)C(=O)CCCN(c1ccccc1C)S(C)(=O)=O. The number of amides is 2. The van der Waals surface area contributed by atoms with Gasteiger partial charge in [0.1, 0.15) is 6.04 Å². The van der Waals surface area contributed by atoms with E-state index in [1.54, 1.807) is 24.0 Å². The molecule has 0 aliphatic heterocycles. The van der Waals surface area contributed by atoms with E-state index in [2.05, 4.69) is 5.32 Å². The Morgan fingerprint density at radius 3 is 2.20 bits per heavy atom. The fraction of sp³-hybridized carbons (Fsp3) is 0.481. The lowest BCUT2D eigenvalue weighted by molar-refractivity contribution is -0.140. The number of sulfonamides is 1. The van der Waals surface area contributed by atoms with Crippen molar-refractivity contribution in [1.29, 1.82) is 0 Å². The molecule has 8 heteroatoms. The Labute approximate surface area is 210 Å². The Hall–Kier alpha value is -2.87. The first-order valence-electron chi connectivity index (χ1n) is 12.2. The number of carbonyl (C=O) groups is 2. The van der Waals surface area contributed by atoms with Gasteiger partial charge in [-0.3, -0.25) is 13.9 Å². The van der Waals surface area contributed by atoms with Crippen LogP contribution in [0, 0.1) is 6.92 Å². The Kier molecular flexibility index (Phi) is 10.8. The second-order valence-electron chi connectivity index (χ2n) is 9.04. The number of benzene rings is 2. The van der Waals surface area contributed by atoms with Crippen LogP contribution in [-0.2, 0) is 26.0 Å². The number of anilines is 1. The second kappa shape index (κ2) is 13.3. The summed E-state index contributed by atoms with van der Waals surface area (Å²) in [5.41, 5.74) is 2.55. The average Bonchev–Trinajstić information content (AvgIpc) is 2.82. The van der Waals surface area contributed by atoms with Crippen LogP contribution in [0.15, 0.2) is 54.6 Å². The van der Waals surface area contributed by atoms with Crippen molar-refractivity contribution in [3.8, 4) is 0 Å². The largest absolute Gasteiger partial charge is 0.352 e. The third kappa shape index (κ3) is 8.69. The van der Waals surface area contributed by atoms with Crippen LogP contribution in [-0.4, -0.2) is 56.6 Å². The topological polar surface area (TPSA) is 86.8 Å². The molecule has 0 aromatic heterocycles. The summed E-state index contributed by atoms with van der Waals surface area (Å²) in [7, 11) is -3.51. The molecule has 2 atom stereocenters. The van der Waals surface area contributed by atoms with Crippen molar-refractivity contribution >= 4 is 27.5 Å². The number of hydrogen-bond donors (Lipinski definition) is 1. The normalized spacial score (nSPS) is 13.1. The lowest BCUT2D eigenvalue weighted by Crippen LogP contribution is -2.50. The molecule has 0 saturated carbocycles. The minimum Gasteiger partial charge on any atom is -0.352 e. The molecular formula is C27H39N3O4S. The van der Waals surface area contributed by atoms with Gasteiger partial charge in [0, 0.05) is 25.6 Å². The van der Waals surface area contributed by atoms with Crippen LogP contribution >= 0.6 is 0 Å². The molecule has 2 rings (SSSR count). The molecule has 7 nitrogen and oxygen atoms in total. The summed E-state index contributed by atoms with van der Waals surface area (Å²) in [6.45, 7) is 8.14. The third-order valence-corrected chi connectivity index (χ3v) is 7.37. The number of rotatable bonds is 13. The first-order chi connectivity index (χ1) is 16.5. The van der Waals surface area contributed by atoms with Crippen LogP contribution in [0.1, 0.15) is 51.2 Å². The summed E-state index contributed by atoms with van der Waals surface area (Å²) in [6, 6.07) is 16.5. The van der Waals surface area contributed by atoms with Gasteiger partial charge in [-0.05, 0) is 57.2 Å². The Morgan fingerprint density at radius 2 is 1.60 bits per heavy atom. The zero-order chi connectivity index (χ0) is 26.0. The zero-order valence-electron chi connectivity index (χ0n) is 21.5. The van der Waals surface area contributed by atoms with Crippen LogP contribution in [0.5, 0.6) is 0 Å². The van der Waals surface area contributed by atoms with Crippen LogP contribution in [0.3, 0.4) is 0 Å². The molecule has 0 unspecified atom stereocenters. The lowest BCUT2D eigenvalue weighted by atomic mass is 10.1. The van der Waals surface area contributed by atoms with E-state index in [0.29, 0.717) is 25.1 Å². The number of nitrogens with zero attached hydrogens (tertiary/aromatic N) is 2. The van der Waals surface area contributed by atoms with Crippen molar-refractivity contribution < 1.29 is 18.0 Å². The summed E-state index contributed by atoms with van der Waals surface area (Å²) < 4.78 is 26.3. The molecule has 1 N–H and O–H groups in total. The van der Waals surface area contributed by atoms with Crippen molar-refractivity contribution in [3.05, 3.63) is 65.7 Å². The van der Waals surface area contributed by atoms with Gasteiger partial charge in [-0.15, -0.1) is 0 Å². The number of hydrogen-bond acceptors (Lipinski definition) is 4. The van der Waals surface area contributed by atoms with Gasteiger partial charge in [-0.1, -0.05) is 55.5 Å². The summed E-state index contributed by atoms with van der Waals surface area (Å²) in [6.07, 6.45) is 3.10. The van der Waals surface area contributed by atoms with Gasteiger partial charge >= 0.3 is 0 Å². The van der Waals surface area contributed by atoms with Crippen molar-refractivity contribution in [2.45, 2.75) is 65.5 Å². The highest BCUT2D eigenvalue weighted by molar-refractivity contribution is 7.92. The summed E-state index contributed by atoms with van der Waals surface area (Å²) in [5, 5.41) is 2.96. The molecule has 2 amide bonds.